The lowest BCUT2D eigenvalue weighted by Crippen LogP contribution is -2.29. The summed E-state index contributed by atoms with van der Waals surface area (Å²) in [5.74, 6) is -2.77. The zero-order valence-electron chi connectivity index (χ0n) is 18.8. The molecule has 188 valence electrons. The topological polar surface area (TPSA) is 84.0 Å². The van der Waals surface area contributed by atoms with E-state index in [2.05, 4.69) is 0 Å². The molecule has 0 spiro atoms. The minimum absolute atomic E-state index is 0.0300. The molecule has 0 aliphatic carbocycles. The Balaban J connectivity index is 1.33. The molecular weight excluding hydrogens is 562 g/mol. The van der Waals surface area contributed by atoms with Crippen LogP contribution in [0.2, 0.25) is 20.1 Å². The average molecular weight is 578 g/mol. The number of imide groups is 1. The number of amides is 3. The van der Waals surface area contributed by atoms with E-state index in [1.807, 2.05) is 30.3 Å². The van der Waals surface area contributed by atoms with Crippen LogP contribution in [0.15, 0.2) is 54.6 Å². The van der Waals surface area contributed by atoms with E-state index in [-0.39, 0.29) is 61.5 Å². The summed E-state index contributed by atoms with van der Waals surface area (Å²) in [6, 6.07) is 15.4. The highest BCUT2D eigenvalue weighted by molar-refractivity contribution is 6.56. The van der Waals surface area contributed by atoms with E-state index >= 15 is 0 Å². The summed E-state index contributed by atoms with van der Waals surface area (Å²) in [4.78, 5) is 54.0. The summed E-state index contributed by atoms with van der Waals surface area (Å²) >= 11 is 24.5. The summed E-state index contributed by atoms with van der Waals surface area (Å²) in [7, 11) is 0. The molecule has 0 unspecified atom stereocenters. The Labute approximate surface area is 231 Å². The number of hydrogen-bond acceptors (Lipinski definition) is 5. The number of ether oxygens (including phenoxy) is 1. The zero-order chi connectivity index (χ0) is 26.4. The Kier molecular flexibility index (Phi) is 6.89. The second-order valence-corrected chi connectivity index (χ2v) is 10.0. The summed E-state index contributed by atoms with van der Waals surface area (Å²) < 4.78 is 5.52. The third kappa shape index (κ3) is 4.57. The van der Waals surface area contributed by atoms with Crippen LogP contribution in [0.3, 0.4) is 0 Å². The first-order valence-electron chi connectivity index (χ1n) is 11.1. The summed E-state index contributed by atoms with van der Waals surface area (Å²) in [5, 5.41) is -0.628. The summed E-state index contributed by atoms with van der Waals surface area (Å²) in [5.41, 5.74) is 0.776. The maximum atomic E-state index is 13.1. The lowest BCUT2D eigenvalue weighted by Gasteiger charge is -2.17. The number of benzene rings is 3. The van der Waals surface area contributed by atoms with Gasteiger partial charge in [0.1, 0.15) is 5.75 Å². The Morgan fingerprint density at radius 1 is 0.838 bits per heavy atom. The predicted octanol–water partition coefficient (Wildman–Crippen LogP) is 6.05. The highest BCUT2D eigenvalue weighted by Crippen LogP contribution is 2.45. The summed E-state index contributed by atoms with van der Waals surface area (Å²) in [6.07, 6.45) is 0.0300. The molecule has 2 heterocycles. The van der Waals surface area contributed by atoms with Crippen molar-refractivity contribution in [2.24, 2.45) is 5.92 Å². The molecule has 1 atom stereocenters. The standard InChI is InChI=1S/C26H16Cl4N2O5/c27-20-18-19(21(28)23(30)22(20)29)25(35)32(24(18)34)15-7-4-8-16(10-15)37-26(36)14-9-17(33)31(12-14)11-13-5-2-1-3-6-13/h1-8,10,14H,9,11-12H2/t14-/m1/s1. The molecule has 1 saturated heterocycles. The van der Waals surface area contributed by atoms with Gasteiger partial charge in [0.05, 0.1) is 42.8 Å². The van der Waals surface area contributed by atoms with E-state index in [0.717, 1.165) is 10.5 Å². The number of carbonyl (C=O) groups is 4. The molecule has 0 N–H and O–H groups in total. The van der Waals surface area contributed by atoms with Crippen LogP contribution in [0.1, 0.15) is 32.7 Å². The highest BCUT2D eigenvalue weighted by atomic mass is 35.5. The van der Waals surface area contributed by atoms with Crippen LogP contribution in [0, 0.1) is 5.92 Å². The van der Waals surface area contributed by atoms with Gasteiger partial charge in [-0.3, -0.25) is 19.2 Å². The molecule has 3 amide bonds. The first-order valence-corrected chi connectivity index (χ1v) is 12.6. The fraction of sp³-hybridized carbons (Fsp3) is 0.154. The second kappa shape index (κ2) is 9.99. The van der Waals surface area contributed by atoms with Gasteiger partial charge in [0, 0.05) is 25.6 Å². The van der Waals surface area contributed by atoms with Crippen molar-refractivity contribution >= 4 is 75.8 Å². The van der Waals surface area contributed by atoms with Crippen LogP contribution in [0.5, 0.6) is 5.75 Å². The number of nitrogens with zero attached hydrogens (tertiary/aromatic N) is 2. The third-order valence-electron chi connectivity index (χ3n) is 6.16. The maximum absolute atomic E-state index is 13.1. The first-order chi connectivity index (χ1) is 17.7. The predicted molar refractivity (Wildman–Crippen MR) is 140 cm³/mol. The maximum Gasteiger partial charge on any atom is 0.316 e. The van der Waals surface area contributed by atoms with Crippen LogP contribution >= 0.6 is 46.4 Å². The van der Waals surface area contributed by atoms with E-state index in [0.29, 0.717) is 6.54 Å². The Morgan fingerprint density at radius 2 is 1.46 bits per heavy atom. The van der Waals surface area contributed by atoms with Gasteiger partial charge in [-0.05, 0) is 17.7 Å². The van der Waals surface area contributed by atoms with E-state index in [9.17, 15) is 19.2 Å². The number of likely N-dealkylation sites (tertiary alicyclic amines) is 1. The van der Waals surface area contributed by atoms with Gasteiger partial charge >= 0.3 is 5.97 Å². The second-order valence-electron chi connectivity index (χ2n) is 8.53. The number of hydrogen-bond donors (Lipinski definition) is 0. The SMILES string of the molecule is O=C(Oc1cccc(N2C(=O)c3c(Cl)c(Cl)c(Cl)c(Cl)c3C2=O)c1)[C@@H]1CC(=O)N(Cc2ccccc2)C1. The monoisotopic (exact) mass is 576 g/mol. The molecule has 1 fully saturated rings. The Hall–Kier alpha value is -3.10. The molecule has 2 aliphatic rings. The Bertz CT molecular complexity index is 1430. The number of halogens is 4. The molecule has 3 aromatic carbocycles. The van der Waals surface area contributed by atoms with Crippen molar-refractivity contribution in [2.75, 3.05) is 11.4 Å². The fourth-order valence-corrected chi connectivity index (χ4v) is 5.37. The average Bonchev–Trinajstić information content (AvgIpc) is 3.38. The molecule has 5 rings (SSSR count). The van der Waals surface area contributed by atoms with Gasteiger partial charge in [0.15, 0.2) is 0 Å². The number of esters is 1. The molecule has 3 aromatic rings. The van der Waals surface area contributed by atoms with Crippen LogP contribution in [0.25, 0.3) is 0 Å². The lowest BCUT2D eigenvalue weighted by atomic mass is 10.1. The quantitative estimate of drug-likeness (QED) is 0.121. The molecular formula is C26H16Cl4N2O5. The van der Waals surface area contributed by atoms with Crippen molar-refractivity contribution < 1.29 is 23.9 Å². The van der Waals surface area contributed by atoms with Crippen LogP contribution in [-0.4, -0.2) is 35.1 Å². The van der Waals surface area contributed by atoms with Crippen molar-refractivity contribution in [1.29, 1.82) is 0 Å². The van der Waals surface area contributed by atoms with Crippen LogP contribution in [0.4, 0.5) is 5.69 Å². The lowest BCUT2D eigenvalue weighted by molar-refractivity contribution is -0.139. The van der Waals surface area contributed by atoms with Gasteiger partial charge < -0.3 is 9.64 Å². The van der Waals surface area contributed by atoms with Gasteiger partial charge in [0.25, 0.3) is 11.8 Å². The van der Waals surface area contributed by atoms with Gasteiger partial charge in [-0.15, -0.1) is 0 Å². The number of rotatable bonds is 5. The minimum atomic E-state index is -0.744. The molecule has 2 aliphatic heterocycles. The molecule has 7 nitrogen and oxygen atoms in total. The highest BCUT2D eigenvalue weighted by Gasteiger charge is 2.42. The van der Waals surface area contributed by atoms with Crippen LogP contribution in [-0.2, 0) is 16.1 Å². The van der Waals surface area contributed by atoms with Gasteiger partial charge in [-0.1, -0.05) is 82.8 Å². The Morgan fingerprint density at radius 3 is 2.08 bits per heavy atom. The number of fused-ring (bicyclic) bond motifs is 1. The van der Waals surface area contributed by atoms with Gasteiger partial charge in [-0.25, -0.2) is 4.90 Å². The van der Waals surface area contributed by atoms with Crippen molar-refractivity contribution in [1.82, 2.24) is 4.90 Å². The van der Waals surface area contributed by atoms with Crippen molar-refractivity contribution in [3.8, 4) is 5.75 Å². The van der Waals surface area contributed by atoms with Crippen LogP contribution < -0.4 is 9.64 Å². The molecule has 0 aromatic heterocycles. The zero-order valence-corrected chi connectivity index (χ0v) is 21.9. The molecule has 11 heteroatoms. The van der Waals surface area contributed by atoms with Crippen molar-refractivity contribution in [3.63, 3.8) is 0 Å². The summed E-state index contributed by atoms with van der Waals surface area (Å²) in [6.45, 7) is 0.626. The van der Waals surface area contributed by atoms with Crippen molar-refractivity contribution in [2.45, 2.75) is 13.0 Å². The molecule has 37 heavy (non-hydrogen) atoms. The fourth-order valence-electron chi connectivity index (χ4n) is 4.36. The van der Waals surface area contributed by atoms with E-state index in [4.69, 9.17) is 51.1 Å². The molecule has 0 bridgehead atoms. The van der Waals surface area contributed by atoms with Gasteiger partial charge in [-0.2, -0.15) is 0 Å². The third-order valence-corrected chi connectivity index (χ3v) is 7.96. The number of carbonyl (C=O) groups excluding carboxylic acids is 4. The number of anilines is 1. The molecule has 0 saturated carbocycles. The normalized spacial score (nSPS) is 17.0. The van der Waals surface area contributed by atoms with E-state index in [1.165, 1.54) is 24.3 Å². The smallest absolute Gasteiger partial charge is 0.316 e. The van der Waals surface area contributed by atoms with E-state index in [1.54, 1.807) is 4.90 Å². The van der Waals surface area contributed by atoms with Gasteiger partial charge in [0.2, 0.25) is 5.91 Å². The van der Waals surface area contributed by atoms with E-state index < -0.39 is 23.7 Å². The van der Waals surface area contributed by atoms with Crippen molar-refractivity contribution in [3.05, 3.63) is 91.4 Å². The molecule has 0 radical (unpaired) electrons. The minimum Gasteiger partial charge on any atom is -0.426 e. The first kappa shape index (κ1) is 25.5. The largest absolute Gasteiger partial charge is 0.426 e.